The maximum absolute atomic E-state index is 13.3. The fraction of sp³-hybridized carbons (Fsp3) is 0.385. The molecule has 0 saturated heterocycles. The SMILES string of the molecule is CCC(C)(C#N)NC(=O)c1ccc(C)c(F)c1. The van der Waals surface area contributed by atoms with Crippen LogP contribution in [0.2, 0.25) is 0 Å². The third-order valence-electron chi connectivity index (χ3n) is 2.78. The summed E-state index contributed by atoms with van der Waals surface area (Å²) in [7, 11) is 0. The van der Waals surface area contributed by atoms with Gasteiger partial charge in [-0.3, -0.25) is 4.79 Å². The van der Waals surface area contributed by atoms with Gasteiger partial charge in [0.15, 0.2) is 0 Å². The molecule has 17 heavy (non-hydrogen) atoms. The molecule has 4 heteroatoms. The number of hydrogen-bond acceptors (Lipinski definition) is 2. The highest BCUT2D eigenvalue weighted by Gasteiger charge is 2.24. The number of amides is 1. The van der Waals surface area contributed by atoms with Crippen LogP contribution in [0, 0.1) is 24.1 Å². The van der Waals surface area contributed by atoms with Crippen molar-refractivity contribution in [2.45, 2.75) is 32.7 Å². The average Bonchev–Trinajstić information content (AvgIpc) is 2.32. The first kappa shape index (κ1) is 13.2. The number of hydrogen-bond donors (Lipinski definition) is 1. The third kappa shape index (κ3) is 3.04. The van der Waals surface area contributed by atoms with Gasteiger partial charge in [-0.05, 0) is 38.0 Å². The summed E-state index contributed by atoms with van der Waals surface area (Å²) in [5, 5.41) is 11.5. The van der Waals surface area contributed by atoms with E-state index in [1.165, 1.54) is 6.07 Å². The van der Waals surface area contributed by atoms with E-state index in [0.717, 1.165) is 0 Å². The Balaban J connectivity index is 2.91. The van der Waals surface area contributed by atoms with Gasteiger partial charge in [0, 0.05) is 5.56 Å². The zero-order valence-electron chi connectivity index (χ0n) is 10.2. The smallest absolute Gasteiger partial charge is 0.252 e. The molecule has 0 radical (unpaired) electrons. The molecule has 0 spiro atoms. The first-order valence-corrected chi connectivity index (χ1v) is 5.42. The number of rotatable bonds is 3. The summed E-state index contributed by atoms with van der Waals surface area (Å²) in [5.74, 6) is -0.859. The van der Waals surface area contributed by atoms with Crippen molar-refractivity contribution < 1.29 is 9.18 Å². The normalized spacial score (nSPS) is 13.6. The minimum atomic E-state index is -0.918. The Bertz CT molecular complexity index is 479. The summed E-state index contributed by atoms with van der Waals surface area (Å²) in [6, 6.07) is 6.29. The van der Waals surface area contributed by atoms with Crippen molar-refractivity contribution in [3.8, 4) is 6.07 Å². The average molecular weight is 234 g/mol. The Kier molecular flexibility index (Phi) is 3.84. The highest BCUT2D eigenvalue weighted by atomic mass is 19.1. The summed E-state index contributed by atoms with van der Waals surface area (Å²) in [6.07, 6.45) is 0.490. The van der Waals surface area contributed by atoms with Gasteiger partial charge in [0.25, 0.3) is 5.91 Å². The molecule has 0 heterocycles. The molecule has 0 aromatic heterocycles. The van der Waals surface area contributed by atoms with E-state index in [0.29, 0.717) is 12.0 Å². The molecule has 1 aromatic rings. The molecule has 3 nitrogen and oxygen atoms in total. The lowest BCUT2D eigenvalue weighted by molar-refractivity contribution is 0.0922. The van der Waals surface area contributed by atoms with Gasteiger partial charge in [-0.1, -0.05) is 13.0 Å². The van der Waals surface area contributed by atoms with Gasteiger partial charge >= 0.3 is 0 Å². The summed E-state index contributed by atoms with van der Waals surface area (Å²) >= 11 is 0. The lowest BCUT2D eigenvalue weighted by atomic mass is 10.0. The van der Waals surface area contributed by atoms with Crippen molar-refractivity contribution in [3.05, 3.63) is 35.1 Å². The molecule has 90 valence electrons. The number of nitrogens with zero attached hydrogens (tertiary/aromatic N) is 1. The van der Waals surface area contributed by atoms with Crippen LogP contribution in [0.15, 0.2) is 18.2 Å². The Morgan fingerprint density at radius 3 is 2.71 bits per heavy atom. The number of nitrogens with one attached hydrogen (secondary N) is 1. The summed E-state index contributed by atoms with van der Waals surface area (Å²) in [4.78, 5) is 11.8. The van der Waals surface area contributed by atoms with E-state index in [2.05, 4.69) is 5.32 Å². The highest BCUT2D eigenvalue weighted by molar-refractivity contribution is 5.95. The van der Waals surface area contributed by atoms with Gasteiger partial charge in [-0.25, -0.2) is 4.39 Å². The molecule has 1 rings (SSSR count). The fourth-order valence-electron chi connectivity index (χ4n) is 1.25. The molecular weight excluding hydrogens is 219 g/mol. The number of carbonyl (C=O) groups is 1. The molecule has 0 aliphatic heterocycles. The molecule has 1 atom stereocenters. The lowest BCUT2D eigenvalue weighted by Crippen LogP contribution is -2.44. The predicted molar refractivity (Wildman–Crippen MR) is 62.9 cm³/mol. The Hall–Kier alpha value is -1.89. The van der Waals surface area contributed by atoms with Crippen molar-refractivity contribution in [3.63, 3.8) is 0 Å². The molecule has 0 aliphatic carbocycles. The third-order valence-corrected chi connectivity index (χ3v) is 2.78. The van der Waals surface area contributed by atoms with Crippen LogP contribution in [0.4, 0.5) is 4.39 Å². The van der Waals surface area contributed by atoms with Crippen LogP contribution >= 0.6 is 0 Å². The second-order valence-corrected chi connectivity index (χ2v) is 4.22. The minimum absolute atomic E-state index is 0.225. The van der Waals surface area contributed by atoms with Crippen LogP contribution in [-0.2, 0) is 0 Å². The van der Waals surface area contributed by atoms with Crippen molar-refractivity contribution in [1.82, 2.24) is 5.32 Å². The van der Waals surface area contributed by atoms with Gasteiger partial charge in [-0.2, -0.15) is 5.26 Å². The lowest BCUT2D eigenvalue weighted by Gasteiger charge is -2.21. The number of aryl methyl sites for hydroxylation is 1. The molecule has 0 saturated carbocycles. The van der Waals surface area contributed by atoms with E-state index in [1.807, 2.05) is 6.07 Å². The Morgan fingerprint density at radius 2 is 2.24 bits per heavy atom. The van der Waals surface area contributed by atoms with E-state index in [4.69, 9.17) is 5.26 Å². The standard InChI is InChI=1S/C13H15FN2O/c1-4-13(3,8-15)16-12(17)10-6-5-9(2)11(14)7-10/h5-7H,4H2,1-3H3,(H,16,17). The van der Waals surface area contributed by atoms with Crippen molar-refractivity contribution >= 4 is 5.91 Å². The minimum Gasteiger partial charge on any atom is -0.334 e. The van der Waals surface area contributed by atoms with Crippen LogP contribution in [0.3, 0.4) is 0 Å². The van der Waals surface area contributed by atoms with Gasteiger partial charge in [0.1, 0.15) is 11.4 Å². The molecule has 0 aliphatic rings. The van der Waals surface area contributed by atoms with E-state index in [9.17, 15) is 9.18 Å². The van der Waals surface area contributed by atoms with Crippen molar-refractivity contribution in [2.24, 2.45) is 0 Å². The molecule has 0 bridgehead atoms. The molecule has 0 fully saturated rings. The van der Waals surface area contributed by atoms with Gasteiger partial charge in [0.2, 0.25) is 0 Å². The zero-order valence-corrected chi connectivity index (χ0v) is 10.2. The summed E-state index contributed by atoms with van der Waals surface area (Å²) in [6.45, 7) is 5.07. The quantitative estimate of drug-likeness (QED) is 0.873. The number of halogens is 1. The van der Waals surface area contributed by atoms with Gasteiger partial charge in [0.05, 0.1) is 6.07 Å². The predicted octanol–water partition coefficient (Wildman–Crippen LogP) is 2.56. The monoisotopic (exact) mass is 234 g/mol. The van der Waals surface area contributed by atoms with Crippen LogP contribution < -0.4 is 5.32 Å². The van der Waals surface area contributed by atoms with Crippen LogP contribution in [0.1, 0.15) is 36.2 Å². The molecule has 1 aromatic carbocycles. The number of benzene rings is 1. The number of carbonyl (C=O) groups excluding carboxylic acids is 1. The maximum atomic E-state index is 13.3. The van der Waals surface area contributed by atoms with E-state index in [1.54, 1.807) is 32.9 Å². The topological polar surface area (TPSA) is 52.9 Å². The van der Waals surface area contributed by atoms with E-state index >= 15 is 0 Å². The second kappa shape index (κ2) is 4.96. The first-order valence-electron chi connectivity index (χ1n) is 5.42. The first-order chi connectivity index (χ1) is 7.91. The molecule has 1 amide bonds. The maximum Gasteiger partial charge on any atom is 0.252 e. The van der Waals surface area contributed by atoms with E-state index in [-0.39, 0.29) is 5.56 Å². The Labute approximate surface area is 100 Å². The number of nitriles is 1. The van der Waals surface area contributed by atoms with Crippen molar-refractivity contribution in [1.29, 1.82) is 5.26 Å². The second-order valence-electron chi connectivity index (χ2n) is 4.22. The zero-order chi connectivity index (χ0) is 13.1. The van der Waals surface area contributed by atoms with Gasteiger partial charge < -0.3 is 5.32 Å². The Morgan fingerprint density at radius 1 is 1.59 bits per heavy atom. The van der Waals surface area contributed by atoms with Crippen molar-refractivity contribution in [2.75, 3.05) is 0 Å². The fourth-order valence-corrected chi connectivity index (χ4v) is 1.25. The van der Waals surface area contributed by atoms with Crippen LogP contribution in [-0.4, -0.2) is 11.4 Å². The van der Waals surface area contributed by atoms with E-state index < -0.39 is 17.3 Å². The highest BCUT2D eigenvalue weighted by Crippen LogP contribution is 2.12. The van der Waals surface area contributed by atoms with Crippen LogP contribution in [0.25, 0.3) is 0 Å². The van der Waals surface area contributed by atoms with Crippen LogP contribution in [0.5, 0.6) is 0 Å². The molecule has 1 N–H and O–H groups in total. The molecular formula is C13H15FN2O. The van der Waals surface area contributed by atoms with Gasteiger partial charge in [-0.15, -0.1) is 0 Å². The molecule has 1 unspecified atom stereocenters. The summed E-state index contributed by atoms with van der Waals surface area (Å²) < 4.78 is 13.3. The summed E-state index contributed by atoms with van der Waals surface area (Å²) in [5.41, 5.74) is -0.207. The largest absolute Gasteiger partial charge is 0.334 e.